The van der Waals surface area contributed by atoms with E-state index in [1.54, 1.807) is 18.7 Å². The summed E-state index contributed by atoms with van der Waals surface area (Å²) in [6.45, 7) is 6.13. The predicted molar refractivity (Wildman–Crippen MR) is 73.7 cm³/mol. The van der Waals surface area contributed by atoms with Crippen molar-refractivity contribution >= 4 is 11.8 Å². The van der Waals surface area contributed by atoms with Crippen molar-refractivity contribution in [3.05, 3.63) is 35.4 Å². The number of carbonyl (C=O) groups is 2. The fraction of sp³-hybridized carbons (Fsp3) is 0.467. The van der Waals surface area contributed by atoms with Crippen LogP contribution in [0.25, 0.3) is 0 Å². The highest BCUT2D eigenvalue weighted by Crippen LogP contribution is 2.12. The Bertz CT molecular complexity index is 499. The second-order valence-corrected chi connectivity index (χ2v) is 5.18. The molecule has 1 aliphatic rings. The monoisotopic (exact) mass is 260 g/mol. The largest absolute Gasteiger partial charge is 0.343 e. The maximum atomic E-state index is 12.1. The Labute approximate surface area is 113 Å². The lowest BCUT2D eigenvalue weighted by molar-refractivity contribution is -0.148. The zero-order chi connectivity index (χ0) is 14.0. The van der Waals surface area contributed by atoms with Crippen molar-refractivity contribution in [2.75, 3.05) is 6.54 Å². The Morgan fingerprint density at radius 1 is 1.26 bits per heavy atom. The van der Waals surface area contributed by atoms with Crippen molar-refractivity contribution in [2.24, 2.45) is 0 Å². The van der Waals surface area contributed by atoms with Gasteiger partial charge in [-0.1, -0.05) is 29.8 Å². The molecule has 2 atom stereocenters. The Balaban J connectivity index is 2.05. The molecule has 0 saturated carbocycles. The topological polar surface area (TPSA) is 49.4 Å². The number of carbonyl (C=O) groups excluding carboxylic acids is 2. The van der Waals surface area contributed by atoms with E-state index < -0.39 is 6.04 Å². The SMILES string of the molecule is Cc1cccc(CCN2C(=O)C(C)NC(=O)C2C)c1. The zero-order valence-electron chi connectivity index (χ0n) is 11.6. The van der Waals surface area contributed by atoms with Gasteiger partial charge in [0.15, 0.2) is 0 Å². The van der Waals surface area contributed by atoms with Crippen LogP contribution in [0.3, 0.4) is 0 Å². The molecule has 1 saturated heterocycles. The van der Waals surface area contributed by atoms with E-state index in [0.29, 0.717) is 6.54 Å². The van der Waals surface area contributed by atoms with E-state index in [2.05, 4.69) is 17.4 Å². The van der Waals surface area contributed by atoms with Gasteiger partial charge in [-0.3, -0.25) is 9.59 Å². The first kappa shape index (κ1) is 13.6. The fourth-order valence-electron chi connectivity index (χ4n) is 2.40. The third kappa shape index (κ3) is 2.95. The van der Waals surface area contributed by atoms with E-state index in [1.165, 1.54) is 11.1 Å². The van der Waals surface area contributed by atoms with Crippen LogP contribution in [0.4, 0.5) is 0 Å². The highest BCUT2D eigenvalue weighted by molar-refractivity contribution is 5.96. The summed E-state index contributed by atoms with van der Waals surface area (Å²) in [5.41, 5.74) is 2.40. The van der Waals surface area contributed by atoms with E-state index >= 15 is 0 Å². The van der Waals surface area contributed by atoms with Crippen LogP contribution in [0.5, 0.6) is 0 Å². The van der Waals surface area contributed by atoms with Gasteiger partial charge in [-0.2, -0.15) is 0 Å². The van der Waals surface area contributed by atoms with Crippen molar-refractivity contribution in [1.29, 1.82) is 0 Å². The van der Waals surface area contributed by atoms with Crippen LogP contribution in [0.2, 0.25) is 0 Å². The molecule has 4 heteroatoms. The Morgan fingerprint density at radius 2 is 2.00 bits per heavy atom. The molecule has 19 heavy (non-hydrogen) atoms. The second-order valence-electron chi connectivity index (χ2n) is 5.18. The first-order valence-electron chi connectivity index (χ1n) is 6.65. The summed E-state index contributed by atoms with van der Waals surface area (Å²) < 4.78 is 0. The van der Waals surface area contributed by atoms with Gasteiger partial charge in [0.1, 0.15) is 12.1 Å². The molecular formula is C15H20N2O2. The van der Waals surface area contributed by atoms with Crippen LogP contribution in [-0.4, -0.2) is 35.3 Å². The van der Waals surface area contributed by atoms with Gasteiger partial charge >= 0.3 is 0 Å². The third-order valence-corrected chi connectivity index (χ3v) is 3.58. The lowest BCUT2D eigenvalue weighted by Gasteiger charge is -2.36. The number of rotatable bonds is 3. The van der Waals surface area contributed by atoms with Crippen LogP contribution in [0.1, 0.15) is 25.0 Å². The number of nitrogens with zero attached hydrogens (tertiary/aromatic N) is 1. The van der Waals surface area contributed by atoms with E-state index in [1.807, 2.05) is 19.1 Å². The number of benzene rings is 1. The molecule has 0 bridgehead atoms. The van der Waals surface area contributed by atoms with E-state index in [4.69, 9.17) is 0 Å². The van der Waals surface area contributed by atoms with Gasteiger partial charge in [0.2, 0.25) is 11.8 Å². The third-order valence-electron chi connectivity index (χ3n) is 3.58. The first-order valence-corrected chi connectivity index (χ1v) is 6.65. The normalized spacial score (nSPS) is 23.4. The lowest BCUT2D eigenvalue weighted by Crippen LogP contribution is -2.61. The van der Waals surface area contributed by atoms with Gasteiger partial charge < -0.3 is 10.2 Å². The first-order chi connectivity index (χ1) is 8.99. The van der Waals surface area contributed by atoms with Crippen molar-refractivity contribution in [3.63, 3.8) is 0 Å². The molecular weight excluding hydrogens is 240 g/mol. The molecule has 1 aromatic carbocycles. The summed E-state index contributed by atoms with van der Waals surface area (Å²) in [6.07, 6.45) is 0.776. The maximum absolute atomic E-state index is 12.1. The molecule has 102 valence electrons. The van der Waals surface area contributed by atoms with Gasteiger partial charge in [0, 0.05) is 6.54 Å². The minimum absolute atomic E-state index is 0.000229. The molecule has 0 radical (unpaired) electrons. The molecule has 1 aromatic rings. The lowest BCUT2D eigenvalue weighted by atomic mass is 10.1. The number of aryl methyl sites for hydroxylation is 1. The van der Waals surface area contributed by atoms with E-state index in [-0.39, 0.29) is 17.9 Å². The second kappa shape index (κ2) is 5.43. The van der Waals surface area contributed by atoms with Gasteiger partial charge in [-0.15, -0.1) is 0 Å². The van der Waals surface area contributed by atoms with Crippen LogP contribution in [-0.2, 0) is 16.0 Å². The summed E-state index contributed by atoms with van der Waals surface area (Å²) in [5.74, 6) is -0.0731. The smallest absolute Gasteiger partial charge is 0.245 e. The van der Waals surface area contributed by atoms with Gasteiger partial charge in [-0.25, -0.2) is 0 Å². The van der Waals surface area contributed by atoms with Gasteiger partial charge in [0.25, 0.3) is 0 Å². The Hall–Kier alpha value is -1.84. The summed E-state index contributed by atoms with van der Waals surface area (Å²) in [4.78, 5) is 25.5. The quantitative estimate of drug-likeness (QED) is 0.890. The molecule has 1 fully saturated rings. The molecule has 2 amide bonds. The zero-order valence-corrected chi connectivity index (χ0v) is 11.6. The predicted octanol–water partition coefficient (Wildman–Crippen LogP) is 1.27. The number of piperazine rings is 1. The molecule has 2 rings (SSSR count). The molecule has 0 aliphatic carbocycles. The molecule has 2 unspecified atom stereocenters. The molecule has 1 aliphatic heterocycles. The van der Waals surface area contributed by atoms with Crippen molar-refractivity contribution < 1.29 is 9.59 Å². The number of hydrogen-bond acceptors (Lipinski definition) is 2. The van der Waals surface area contributed by atoms with E-state index in [9.17, 15) is 9.59 Å². The molecule has 1 heterocycles. The average Bonchev–Trinajstić information content (AvgIpc) is 2.36. The van der Waals surface area contributed by atoms with E-state index in [0.717, 1.165) is 6.42 Å². The van der Waals surface area contributed by atoms with Crippen LogP contribution in [0, 0.1) is 6.92 Å². The maximum Gasteiger partial charge on any atom is 0.245 e. The molecule has 0 aromatic heterocycles. The summed E-state index contributed by atoms with van der Waals surface area (Å²) in [5, 5.41) is 2.69. The molecule has 1 N–H and O–H groups in total. The number of amides is 2. The Kier molecular flexibility index (Phi) is 3.88. The number of nitrogens with one attached hydrogen (secondary N) is 1. The number of hydrogen-bond donors (Lipinski definition) is 1. The summed E-state index contributed by atoms with van der Waals surface area (Å²) in [7, 11) is 0. The van der Waals surface area contributed by atoms with Crippen LogP contribution < -0.4 is 5.32 Å². The highest BCUT2D eigenvalue weighted by atomic mass is 16.2. The average molecular weight is 260 g/mol. The standard InChI is InChI=1S/C15H20N2O2/c1-10-5-4-6-13(9-10)7-8-17-12(3)14(18)16-11(2)15(17)19/h4-6,9,11-12H,7-8H2,1-3H3,(H,16,18). The Morgan fingerprint density at radius 3 is 2.68 bits per heavy atom. The molecule has 4 nitrogen and oxygen atoms in total. The van der Waals surface area contributed by atoms with Gasteiger partial charge in [-0.05, 0) is 32.8 Å². The minimum atomic E-state index is -0.416. The summed E-state index contributed by atoms with van der Waals surface area (Å²) >= 11 is 0. The molecule has 0 spiro atoms. The minimum Gasteiger partial charge on any atom is -0.343 e. The van der Waals surface area contributed by atoms with Crippen molar-refractivity contribution in [2.45, 2.75) is 39.3 Å². The summed E-state index contributed by atoms with van der Waals surface area (Å²) in [6, 6.07) is 7.43. The van der Waals surface area contributed by atoms with Crippen molar-refractivity contribution in [1.82, 2.24) is 10.2 Å². The van der Waals surface area contributed by atoms with Crippen molar-refractivity contribution in [3.8, 4) is 0 Å². The highest BCUT2D eigenvalue weighted by Gasteiger charge is 2.35. The van der Waals surface area contributed by atoms with Gasteiger partial charge in [0.05, 0.1) is 0 Å². The van der Waals surface area contributed by atoms with Crippen LogP contribution in [0.15, 0.2) is 24.3 Å². The van der Waals surface area contributed by atoms with Crippen LogP contribution >= 0.6 is 0 Å². The fourth-order valence-corrected chi connectivity index (χ4v) is 2.40.